The Morgan fingerprint density at radius 2 is 1.16 bits per heavy atom. The predicted octanol–water partition coefficient (Wildman–Crippen LogP) is 4.32. The highest BCUT2D eigenvalue weighted by Gasteiger charge is 2.30. The van der Waals surface area contributed by atoms with Crippen molar-refractivity contribution in [2.24, 2.45) is 0 Å². The Morgan fingerprint density at radius 1 is 0.711 bits per heavy atom. The van der Waals surface area contributed by atoms with Gasteiger partial charge in [0.05, 0.1) is 24.6 Å². The summed E-state index contributed by atoms with van der Waals surface area (Å²) in [4.78, 5) is 0. The standard InChI is InChI=1S/C30H38N4O4/c1-29(2,19-9-23(31)22(24(32)10-19)15-36-27-16-37-27)17-5-7-18(8-6-17)30(3,4)20-11-25(33)28(26(34)12-20)38-14-21-13-35-21/h5-12,21,27H,13-16,31-34H2,1-4H3. The SMILES string of the molecule is CC(C)(c1ccc(C(C)(C)c2cc(N)c(OCC3CO3)c(N)c2)cc1)c1cc(N)c(COC2CO2)c(N)c1. The number of benzene rings is 3. The van der Waals surface area contributed by atoms with E-state index in [0.29, 0.717) is 48.3 Å². The van der Waals surface area contributed by atoms with E-state index >= 15 is 0 Å². The van der Waals surface area contributed by atoms with Gasteiger partial charge in [0.15, 0.2) is 12.0 Å². The monoisotopic (exact) mass is 518 g/mol. The van der Waals surface area contributed by atoms with Crippen molar-refractivity contribution in [3.63, 3.8) is 0 Å². The summed E-state index contributed by atoms with van der Waals surface area (Å²) >= 11 is 0. The highest BCUT2D eigenvalue weighted by atomic mass is 16.8. The second-order valence-electron chi connectivity index (χ2n) is 11.3. The summed E-state index contributed by atoms with van der Waals surface area (Å²) in [5, 5.41) is 0. The number of nitrogens with two attached hydrogens (primary N) is 4. The van der Waals surface area contributed by atoms with Crippen LogP contribution in [0.15, 0.2) is 48.5 Å². The van der Waals surface area contributed by atoms with E-state index in [1.807, 2.05) is 24.3 Å². The van der Waals surface area contributed by atoms with Crippen LogP contribution in [0.3, 0.4) is 0 Å². The van der Waals surface area contributed by atoms with Crippen molar-refractivity contribution in [2.75, 3.05) is 42.8 Å². The van der Waals surface area contributed by atoms with E-state index in [0.717, 1.165) is 34.4 Å². The third-order valence-corrected chi connectivity index (χ3v) is 7.77. The van der Waals surface area contributed by atoms with Crippen molar-refractivity contribution in [1.29, 1.82) is 0 Å². The molecule has 2 atom stereocenters. The molecule has 2 heterocycles. The fourth-order valence-electron chi connectivity index (χ4n) is 4.74. The summed E-state index contributed by atoms with van der Waals surface area (Å²) in [5.41, 5.74) is 32.3. The smallest absolute Gasteiger partial charge is 0.181 e. The molecule has 0 radical (unpaired) electrons. The minimum absolute atomic E-state index is 0.134. The highest BCUT2D eigenvalue weighted by Crippen LogP contribution is 2.41. The van der Waals surface area contributed by atoms with Gasteiger partial charge in [-0.2, -0.15) is 0 Å². The van der Waals surface area contributed by atoms with Gasteiger partial charge in [-0.05, 0) is 46.5 Å². The van der Waals surface area contributed by atoms with Crippen molar-refractivity contribution < 1.29 is 18.9 Å². The zero-order chi connectivity index (χ0) is 27.2. The Bertz CT molecular complexity index is 1180. The molecular weight excluding hydrogens is 480 g/mol. The van der Waals surface area contributed by atoms with Gasteiger partial charge in [0.1, 0.15) is 19.3 Å². The third-order valence-electron chi connectivity index (χ3n) is 7.77. The molecule has 2 aliphatic rings. The van der Waals surface area contributed by atoms with Crippen LogP contribution in [-0.2, 0) is 31.6 Å². The summed E-state index contributed by atoms with van der Waals surface area (Å²) in [6.07, 6.45) is -0.01000. The molecule has 0 spiro atoms. The molecule has 2 unspecified atom stereocenters. The van der Waals surface area contributed by atoms with E-state index in [2.05, 4.69) is 52.0 Å². The number of ether oxygens (including phenoxy) is 4. The number of epoxide rings is 2. The van der Waals surface area contributed by atoms with Crippen molar-refractivity contribution in [2.45, 2.75) is 57.5 Å². The maximum Gasteiger partial charge on any atom is 0.181 e. The Balaban J connectivity index is 1.36. The fraction of sp³-hybridized carbons (Fsp3) is 0.400. The van der Waals surface area contributed by atoms with Gasteiger partial charge < -0.3 is 41.9 Å². The maximum atomic E-state index is 6.38. The second kappa shape index (κ2) is 9.69. The average molecular weight is 519 g/mol. The van der Waals surface area contributed by atoms with Crippen LogP contribution < -0.4 is 27.7 Å². The largest absolute Gasteiger partial charge is 0.486 e. The molecule has 8 heteroatoms. The normalized spacial score (nSPS) is 18.8. The van der Waals surface area contributed by atoms with Crippen LogP contribution in [0.4, 0.5) is 22.7 Å². The maximum absolute atomic E-state index is 6.38. The van der Waals surface area contributed by atoms with E-state index in [4.69, 9.17) is 41.9 Å². The molecule has 2 saturated heterocycles. The highest BCUT2D eigenvalue weighted by molar-refractivity contribution is 5.70. The van der Waals surface area contributed by atoms with Crippen LogP contribution in [0.5, 0.6) is 5.75 Å². The molecule has 0 aromatic heterocycles. The van der Waals surface area contributed by atoms with Crippen LogP contribution in [-0.4, -0.2) is 32.2 Å². The van der Waals surface area contributed by atoms with Crippen LogP contribution in [0.2, 0.25) is 0 Å². The van der Waals surface area contributed by atoms with E-state index in [9.17, 15) is 0 Å². The average Bonchev–Trinajstić information content (AvgIpc) is 3.78. The Hall–Kier alpha value is -3.46. The lowest BCUT2D eigenvalue weighted by molar-refractivity contribution is 0.0392. The van der Waals surface area contributed by atoms with Gasteiger partial charge in [0, 0.05) is 27.8 Å². The fourth-order valence-corrected chi connectivity index (χ4v) is 4.74. The van der Waals surface area contributed by atoms with Gasteiger partial charge in [-0.25, -0.2) is 0 Å². The van der Waals surface area contributed by atoms with Crippen molar-refractivity contribution >= 4 is 22.7 Å². The number of hydrogen-bond acceptors (Lipinski definition) is 8. The number of rotatable bonds is 10. The van der Waals surface area contributed by atoms with Crippen LogP contribution in [0.1, 0.15) is 55.5 Å². The Labute approximate surface area is 224 Å². The summed E-state index contributed by atoms with van der Waals surface area (Å²) in [5.74, 6) is 0.522. The van der Waals surface area contributed by atoms with Gasteiger partial charge in [0.25, 0.3) is 0 Å². The first-order valence-electron chi connectivity index (χ1n) is 12.9. The molecule has 8 nitrogen and oxygen atoms in total. The van der Waals surface area contributed by atoms with Crippen molar-refractivity contribution in [1.82, 2.24) is 0 Å². The van der Waals surface area contributed by atoms with E-state index in [1.54, 1.807) is 0 Å². The van der Waals surface area contributed by atoms with Crippen molar-refractivity contribution in [3.05, 3.63) is 76.3 Å². The summed E-state index contributed by atoms with van der Waals surface area (Å²) in [7, 11) is 0. The molecule has 8 N–H and O–H groups in total. The first kappa shape index (κ1) is 26.2. The molecule has 2 aliphatic heterocycles. The first-order chi connectivity index (χ1) is 18.0. The molecule has 0 amide bonds. The van der Waals surface area contributed by atoms with Crippen LogP contribution in [0.25, 0.3) is 0 Å². The molecule has 3 aromatic carbocycles. The topological polar surface area (TPSA) is 148 Å². The molecule has 3 aromatic rings. The molecule has 0 bridgehead atoms. The summed E-state index contributed by atoms with van der Waals surface area (Å²) in [6.45, 7) is 10.8. The predicted molar refractivity (Wildman–Crippen MR) is 151 cm³/mol. The zero-order valence-corrected chi connectivity index (χ0v) is 22.5. The molecular formula is C30H38N4O4. The molecule has 38 heavy (non-hydrogen) atoms. The van der Waals surface area contributed by atoms with Crippen molar-refractivity contribution in [3.8, 4) is 5.75 Å². The first-order valence-corrected chi connectivity index (χ1v) is 12.9. The third kappa shape index (κ3) is 5.25. The molecule has 2 fully saturated rings. The van der Waals surface area contributed by atoms with Gasteiger partial charge in [-0.3, -0.25) is 0 Å². The van der Waals surface area contributed by atoms with Crippen LogP contribution >= 0.6 is 0 Å². The minimum atomic E-state index is -0.329. The lowest BCUT2D eigenvalue weighted by Gasteiger charge is -2.30. The zero-order valence-electron chi connectivity index (χ0n) is 22.5. The van der Waals surface area contributed by atoms with E-state index in [1.165, 1.54) is 0 Å². The number of hydrogen-bond donors (Lipinski definition) is 4. The minimum Gasteiger partial charge on any atom is -0.486 e. The second-order valence-corrected chi connectivity index (χ2v) is 11.3. The Kier molecular flexibility index (Phi) is 6.67. The quantitative estimate of drug-likeness (QED) is 0.229. The number of nitrogen functional groups attached to an aromatic ring is 4. The molecule has 5 rings (SSSR count). The van der Waals surface area contributed by atoms with Crippen LogP contribution in [0, 0.1) is 0 Å². The number of anilines is 4. The molecule has 0 aliphatic carbocycles. The molecule has 202 valence electrons. The van der Waals surface area contributed by atoms with Gasteiger partial charge in [-0.1, -0.05) is 52.0 Å². The van der Waals surface area contributed by atoms with Gasteiger partial charge in [0.2, 0.25) is 0 Å². The summed E-state index contributed by atoms with van der Waals surface area (Å²) < 4.78 is 21.8. The van der Waals surface area contributed by atoms with E-state index in [-0.39, 0.29) is 23.2 Å². The lowest BCUT2D eigenvalue weighted by Crippen LogP contribution is -2.22. The summed E-state index contributed by atoms with van der Waals surface area (Å²) in [6, 6.07) is 16.5. The Morgan fingerprint density at radius 3 is 1.58 bits per heavy atom. The lowest BCUT2D eigenvalue weighted by atomic mass is 9.74. The van der Waals surface area contributed by atoms with E-state index < -0.39 is 0 Å². The van der Waals surface area contributed by atoms with Gasteiger partial charge in [-0.15, -0.1) is 0 Å². The van der Waals surface area contributed by atoms with Gasteiger partial charge >= 0.3 is 0 Å². The molecule has 0 saturated carbocycles.